The summed E-state index contributed by atoms with van der Waals surface area (Å²) >= 11 is 0. The van der Waals surface area contributed by atoms with Crippen LogP contribution in [-0.4, -0.2) is 12.1 Å². The normalized spacial score (nSPS) is 21.8. The Hall–Kier alpha value is -1.25. The molecule has 2 nitrogen and oxygen atoms in total. The van der Waals surface area contributed by atoms with Crippen molar-refractivity contribution in [1.29, 1.82) is 0 Å². The highest BCUT2D eigenvalue weighted by atomic mass is 19.1. The summed E-state index contributed by atoms with van der Waals surface area (Å²) in [7, 11) is 0. The highest BCUT2D eigenvalue weighted by Crippen LogP contribution is 2.41. The molecule has 3 heteroatoms. The van der Waals surface area contributed by atoms with Crippen molar-refractivity contribution >= 4 is 11.4 Å². The molecule has 1 aromatic rings. The van der Waals surface area contributed by atoms with Gasteiger partial charge in [0.2, 0.25) is 0 Å². The van der Waals surface area contributed by atoms with Gasteiger partial charge >= 0.3 is 0 Å². The van der Waals surface area contributed by atoms with Gasteiger partial charge in [0.05, 0.1) is 16.9 Å². The SMILES string of the molecule is Fc1cccc2c1NC1(CCC1)CN2. The van der Waals surface area contributed by atoms with E-state index in [0.717, 1.165) is 25.1 Å². The van der Waals surface area contributed by atoms with Crippen molar-refractivity contribution in [1.82, 2.24) is 0 Å². The summed E-state index contributed by atoms with van der Waals surface area (Å²) < 4.78 is 13.5. The first-order valence-corrected chi connectivity index (χ1v) is 5.10. The Bertz CT molecular complexity index is 372. The molecule has 1 heterocycles. The van der Waals surface area contributed by atoms with Gasteiger partial charge in [-0.15, -0.1) is 0 Å². The summed E-state index contributed by atoms with van der Waals surface area (Å²) in [6, 6.07) is 5.16. The van der Waals surface area contributed by atoms with Crippen LogP contribution >= 0.6 is 0 Å². The van der Waals surface area contributed by atoms with Crippen LogP contribution in [0.5, 0.6) is 0 Å². The monoisotopic (exact) mass is 192 g/mol. The summed E-state index contributed by atoms with van der Waals surface area (Å²) in [6.07, 6.45) is 3.54. The standard InChI is InChI=1S/C11H13FN2/c12-8-3-1-4-9-10(8)14-11(7-13-9)5-2-6-11/h1,3-4,13-14H,2,5-7H2. The Morgan fingerprint density at radius 3 is 2.86 bits per heavy atom. The number of anilines is 2. The molecule has 2 N–H and O–H groups in total. The molecule has 1 fully saturated rings. The van der Waals surface area contributed by atoms with Crippen LogP contribution < -0.4 is 10.6 Å². The van der Waals surface area contributed by atoms with E-state index in [4.69, 9.17) is 0 Å². The molecule has 14 heavy (non-hydrogen) atoms. The number of hydrogen-bond donors (Lipinski definition) is 2. The van der Waals surface area contributed by atoms with Gasteiger partial charge in [-0.3, -0.25) is 0 Å². The first-order chi connectivity index (χ1) is 6.79. The van der Waals surface area contributed by atoms with Crippen LogP contribution in [0.2, 0.25) is 0 Å². The number of hydrogen-bond acceptors (Lipinski definition) is 2. The molecule has 3 rings (SSSR count). The molecular formula is C11H13FN2. The zero-order valence-electron chi connectivity index (χ0n) is 7.94. The zero-order chi connectivity index (χ0) is 9.60. The van der Waals surface area contributed by atoms with E-state index in [9.17, 15) is 4.39 Å². The van der Waals surface area contributed by atoms with E-state index >= 15 is 0 Å². The van der Waals surface area contributed by atoms with Crippen molar-refractivity contribution < 1.29 is 4.39 Å². The van der Waals surface area contributed by atoms with Crippen LogP contribution in [0.4, 0.5) is 15.8 Å². The predicted octanol–water partition coefficient (Wildman–Crippen LogP) is 2.59. The van der Waals surface area contributed by atoms with Crippen molar-refractivity contribution in [2.24, 2.45) is 0 Å². The third-order valence-electron chi connectivity index (χ3n) is 3.33. The van der Waals surface area contributed by atoms with Gasteiger partial charge in [0.25, 0.3) is 0 Å². The smallest absolute Gasteiger partial charge is 0.148 e. The molecule has 0 unspecified atom stereocenters. The molecule has 74 valence electrons. The van der Waals surface area contributed by atoms with E-state index in [2.05, 4.69) is 10.6 Å². The van der Waals surface area contributed by atoms with Crippen molar-refractivity contribution in [3.05, 3.63) is 24.0 Å². The van der Waals surface area contributed by atoms with Gasteiger partial charge in [-0.2, -0.15) is 0 Å². The molecule has 0 aromatic heterocycles. The molecule has 1 aliphatic carbocycles. The van der Waals surface area contributed by atoms with Crippen LogP contribution in [0.1, 0.15) is 19.3 Å². The fraction of sp³-hybridized carbons (Fsp3) is 0.455. The number of nitrogens with one attached hydrogen (secondary N) is 2. The lowest BCUT2D eigenvalue weighted by Gasteiger charge is -2.47. The van der Waals surface area contributed by atoms with Crippen LogP contribution in [0.3, 0.4) is 0 Å². The Labute approximate surface area is 82.5 Å². The minimum Gasteiger partial charge on any atom is -0.381 e. The maximum atomic E-state index is 13.5. The fourth-order valence-corrected chi connectivity index (χ4v) is 2.28. The topological polar surface area (TPSA) is 24.1 Å². The van der Waals surface area contributed by atoms with E-state index in [1.807, 2.05) is 6.07 Å². The molecule has 1 spiro atoms. The summed E-state index contributed by atoms with van der Waals surface area (Å²) in [4.78, 5) is 0. The number of benzene rings is 1. The third-order valence-corrected chi connectivity index (χ3v) is 3.33. The van der Waals surface area contributed by atoms with E-state index in [0.29, 0.717) is 5.69 Å². The third kappa shape index (κ3) is 1.01. The molecule has 0 amide bonds. The summed E-state index contributed by atoms with van der Waals surface area (Å²) in [6.45, 7) is 0.920. The van der Waals surface area contributed by atoms with E-state index in [-0.39, 0.29) is 11.4 Å². The van der Waals surface area contributed by atoms with E-state index in [1.54, 1.807) is 6.07 Å². The lowest BCUT2D eigenvalue weighted by molar-refractivity contribution is 0.289. The second kappa shape index (κ2) is 2.62. The Morgan fingerprint density at radius 1 is 1.29 bits per heavy atom. The molecule has 0 radical (unpaired) electrons. The van der Waals surface area contributed by atoms with Gasteiger partial charge in [0.15, 0.2) is 0 Å². The molecule has 0 atom stereocenters. The first kappa shape index (κ1) is 8.09. The Morgan fingerprint density at radius 2 is 2.14 bits per heavy atom. The Kier molecular flexibility index (Phi) is 1.52. The molecule has 1 aromatic carbocycles. The number of para-hydroxylation sites is 1. The fourth-order valence-electron chi connectivity index (χ4n) is 2.28. The second-order valence-corrected chi connectivity index (χ2v) is 4.27. The van der Waals surface area contributed by atoms with Gasteiger partial charge in [0.1, 0.15) is 5.82 Å². The number of rotatable bonds is 0. The van der Waals surface area contributed by atoms with Crippen LogP contribution in [0.25, 0.3) is 0 Å². The highest BCUT2D eigenvalue weighted by molar-refractivity contribution is 5.73. The number of halogens is 1. The summed E-state index contributed by atoms with van der Waals surface area (Å²) in [5, 5.41) is 6.63. The zero-order valence-corrected chi connectivity index (χ0v) is 7.94. The highest BCUT2D eigenvalue weighted by Gasteiger charge is 2.40. The van der Waals surface area contributed by atoms with Gasteiger partial charge in [-0.05, 0) is 31.4 Å². The molecule has 2 aliphatic rings. The molecule has 0 bridgehead atoms. The van der Waals surface area contributed by atoms with Crippen LogP contribution in [0.15, 0.2) is 18.2 Å². The molecule has 1 saturated carbocycles. The van der Waals surface area contributed by atoms with Crippen molar-refractivity contribution in [3.63, 3.8) is 0 Å². The average Bonchev–Trinajstić information content (AvgIpc) is 2.16. The van der Waals surface area contributed by atoms with Gasteiger partial charge in [0, 0.05) is 6.54 Å². The lowest BCUT2D eigenvalue weighted by Crippen LogP contribution is -2.53. The minimum absolute atomic E-state index is 0.134. The quantitative estimate of drug-likeness (QED) is 0.660. The predicted molar refractivity (Wildman–Crippen MR) is 55.1 cm³/mol. The van der Waals surface area contributed by atoms with Gasteiger partial charge in [-0.1, -0.05) is 6.07 Å². The van der Waals surface area contributed by atoms with E-state index in [1.165, 1.54) is 12.5 Å². The van der Waals surface area contributed by atoms with Crippen molar-refractivity contribution in [3.8, 4) is 0 Å². The largest absolute Gasteiger partial charge is 0.381 e. The molecular weight excluding hydrogens is 179 g/mol. The minimum atomic E-state index is -0.152. The van der Waals surface area contributed by atoms with Crippen molar-refractivity contribution in [2.45, 2.75) is 24.8 Å². The van der Waals surface area contributed by atoms with Gasteiger partial charge in [-0.25, -0.2) is 4.39 Å². The summed E-state index contributed by atoms with van der Waals surface area (Å²) in [5.41, 5.74) is 1.68. The van der Waals surface area contributed by atoms with Crippen LogP contribution in [-0.2, 0) is 0 Å². The van der Waals surface area contributed by atoms with Crippen LogP contribution in [0, 0.1) is 5.82 Å². The van der Waals surface area contributed by atoms with E-state index < -0.39 is 0 Å². The molecule has 1 aliphatic heterocycles. The second-order valence-electron chi connectivity index (χ2n) is 4.27. The van der Waals surface area contributed by atoms with Gasteiger partial charge < -0.3 is 10.6 Å². The average molecular weight is 192 g/mol. The molecule has 0 saturated heterocycles. The first-order valence-electron chi connectivity index (χ1n) is 5.10. The maximum Gasteiger partial charge on any atom is 0.148 e. The number of fused-ring (bicyclic) bond motifs is 1. The maximum absolute atomic E-state index is 13.5. The Balaban J connectivity index is 2.00. The van der Waals surface area contributed by atoms with Crippen molar-refractivity contribution in [2.75, 3.05) is 17.2 Å². The lowest BCUT2D eigenvalue weighted by atomic mass is 9.75. The summed E-state index contributed by atoms with van der Waals surface area (Å²) in [5.74, 6) is -0.152.